The van der Waals surface area contributed by atoms with Crippen LogP contribution in [0.25, 0.3) is 0 Å². The summed E-state index contributed by atoms with van der Waals surface area (Å²) in [5.41, 5.74) is 1.40. The second-order valence-electron chi connectivity index (χ2n) is 6.46. The molecule has 5 nitrogen and oxygen atoms in total. The predicted molar refractivity (Wildman–Crippen MR) is 97.9 cm³/mol. The molecule has 2 aliphatic rings. The van der Waals surface area contributed by atoms with Crippen molar-refractivity contribution in [2.45, 2.75) is 35.9 Å². The molecular weight excluding hydrogens is 340 g/mol. The fourth-order valence-corrected chi connectivity index (χ4v) is 4.77. The molecule has 7 heteroatoms. The Morgan fingerprint density at radius 1 is 1.25 bits per heavy atom. The summed E-state index contributed by atoms with van der Waals surface area (Å²) in [7, 11) is 0. The van der Waals surface area contributed by atoms with Crippen LogP contribution in [0.15, 0.2) is 34.7 Å². The zero-order valence-electron chi connectivity index (χ0n) is 13.6. The molecule has 1 saturated heterocycles. The molecule has 128 valence electrons. The van der Waals surface area contributed by atoms with E-state index in [4.69, 9.17) is 4.74 Å². The average Bonchev–Trinajstić information content (AvgIpc) is 3.31. The zero-order valence-corrected chi connectivity index (χ0v) is 15.2. The van der Waals surface area contributed by atoms with Gasteiger partial charge < -0.3 is 15.0 Å². The normalized spacial score (nSPS) is 24.0. The summed E-state index contributed by atoms with van der Waals surface area (Å²) >= 11 is 3.43. The summed E-state index contributed by atoms with van der Waals surface area (Å²) in [5, 5.41) is 12.9. The number of hydrogen-bond acceptors (Lipinski definition) is 6. The number of rotatable bonds is 7. The van der Waals surface area contributed by atoms with Crippen LogP contribution in [-0.2, 0) is 11.3 Å². The van der Waals surface area contributed by atoms with Crippen LogP contribution < -0.4 is 10.2 Å². The van der Waals surface area contributed by atoms with E-state index in [0.717, 1.165) is 41.5 Å². The van der Waals surface area contributed by atoms with Gasteiger partial charge in [-0.15, -0.1) is 10.2 Å². The van der Waals surface area contributed by atoms with Crippen molar-refractivity contribution in [1.82, 2.24) is 10.2 Å². The predicted octanol–water partition coefficient (Wildman–Crippen LogP) is 1.69. The van der Waals surface area contributed by atoms with Crippen molar-refractivity contribution >= 4 is 28.2 Å². The Hall–Kier alpha value is -1.15. The standard InChI is InChI=1S/C17H22N4OS2/c1-2-4-13(5-3-1)10-21-8-9-22-15(11-21)12-23-17-20-19-16(24-17)18-14-6-7-14/h1-5,14-15H,6-12H2,(H,18,19)/p+1/t15-/m0/s1. The lowest BCUT2D eigenvalue weighted by Crippen LogP contribution is -3.13. The first-order valence-corrected chi connectivity index (χ1v) is 10.4. The molecule has 1 unspecified atom stereocenters. The average molecular weight is 364 g/mol. The van der Waals surface area contributed by atoms with Crippen LogP contribution >= 0.6 is 23.1 Å². The summed E-state index contributed by atoms with van der Waals surface area (Å²) in [6.07, 6.45) is 2.82. The van der Waals surface area contributed by atoms with Crippen molar-refractivity contribution in [3.8, 4) is 0 Å². The largest absolute Gasteiger partial charge is 0.366 e. The smallest absolute Gasteiger partial charge is 0.206 e. The van der Waals surface area contributed by atoms with Gasteiger partial charge in [-0.2, -0.15) is 0 Å². The van der Waals surface area contributed by atoms with Gasteiger partial charge in [0.05, 0.1) is 6.61 Å². The van der Waals surface area contributed by atoms with Crippen LogP contribution in [0.5, 0.6) is 0 Å². The lowest BCUT2D eigenvalue weighted by Gasteiger charge is -2.29. The highest BCUT2D eigenvalue weighted by Gasteiger charge is 2.25. The third-order valence-electron chi connectivity index (χ3n) is 4.33. The number of aromatic nitrogens is 2. The third kappa shape index (κ3) is 4.69. The van der Waals surface area contributed by atoms with Crippen molar-refractivity contribution in [3.05, 3.63) is 35.9 Å². The van der Waals surface area contributed by atoms with E-state index < -0.39 is 0 Å². The summed E-state index contributed by atoms with van der Waals surface area (Å²) in [6, 6.07) is 11.4. The molecular formula is C17H23N4OS2+. The Bertz CT molecular complexity index is 647. The number of morpholine rings is 1. The molecule has 2 aromatic rings. The van der Waals surface area contributed by atoms with E-state index in [9.17, 15) is 0 Å². The van der Waals surface area contributed by atoms with Gasteiger partial charge in [0.2, 0.25) is 5.13 Å². The fraction of sp³-hybridized carbons (Fsp3) is 0.529. The molecule has 4 rings (SSSR count). The molecule has 1 aromatic carbocycles. The van der Waals surface area contributed by atoms with Crippen LogP contribution in [0, 0.1) is 0 Å². The Morgan fingerprint density at radius 2 is 2.12 bits per heavy atom. The molecule has 1 aliphatic heterocycles. The number of ether oxygens (including phenoxy) is 1. The molecule has 24 heavy (non-hydrogen) atoms. The Morgan fingerprint density at radius 3 is 2.96 bits per heavy atom. The Balaban J connectivity index is 1.24. The Kier molecular flexibility index (Phi) is 5.32. The Labute approximate surface area is 150 Å². The first kappa shape index (κ1) is 16.3. The highest BCUT2D eigenvalue weighted by Crippen LogP contribution is 2.30. The molecule has 2 fully saturated rings. The summed E-state index contributed by atoms with van der Waals surface area (Å²) in [5.74, 6) is 0.955. The quantitative estimate of drug-likeness (QED) is 0.733. The molecule has 2 heterocycles. The van der Waals surface area contributed by atoms with Gasteiger partial charge in [-0.25, -0.2) is 0 Å². The van der Waals surface area contributed by atoms with Gasteiger partial charge >= 0.3 is 0 Å². The summed E-state index contributed by atoms with van der Waals surface area (Å²) < 4.78 is 6.99. The van der Waals surface area contributed by atoms with Crippen molar-refractivity contribution < 1.29 is 9.64 Å². The molecule has 1 saturated carbocycles. The van der Waals surface area contributed by atoms with Crippen LogP contribution in [0.2, 0.25) is 0 Å². The van der Waals surface area contributed by atoms with Crippen LogP contribution in [-0.4, -0.2) is 47.8 Å². The third-order valence-corrected chi connectivity index (χ3v) is 6.45. The fourth-order valence-electron chi connectivity index (χ4n) is 2.90. The zero-order chi connectivity index (χ0) is 16.2. The highest BCUT2D eigenvalue weighted by atomic mass is 32.2. The minimum atomic E-state index is 0.297. The van der Waals surface area contributed by atoms with Gasteiger partial charge in [0.15, 0.2) is 4.34 Å². The first-order valence-electron chi connectivity index (χ1n) is 8.57. The van der Waals surface area contributed by atoms with Gasteiger partial charge in [0.1, 0.15) is 25.7 Å². The van der Waals surface area contributed by atoms with Crippen molar-refractivity contribution in [2.75, 3.05) is 30.8 Å². The molecule has 0 amide bonds. The minimum absolute atomic E-state index is 0.297. The maximum atomic E-state index is 5.95. The van der Waals surface area contributed by atoms with E-state index in [0.29, 0.717) is 12.1 Å². The highest BCUT2D eigenvalue weighted by molar-refractivity contribution is 8.01. The van der Waals surface area contributed by atoms with Crippen LogP contribution in [0.1, 0.15) is 18.4 Å². The van der Waals surface area contributed by atoms with Crippen LogP contribution in [0.4, 0.5) is 5.13 Å². The van der Waals surface area contributed by atoms with Crippen molar-refractivity contribution in [1.29, 1.82) is 0 Å². The number of nitrogens with one attached hydrogen (secondary N) is 2. The molecule has 1 aliphatic carbocycles. The molecule has 0 radical (unpaired) electrons. The number of benzene rings is 1. The van der Waals surface area contributed by atoms with E-state index in [2.05, 4.69) is 45.8 Å². The van der Waals surface area contributed by atoms with E-state index in [1.807, 2.05) is 0 Å². The van der Waals surface area contributed by atoms with Crippen molar-refractivity contribution in [3.63, 3.8) is 0 Å². The topological polar surface area (TPSA) is 51.5 Å². The van der Waals surface area contributed by atoms with Gasteiger partial charge in [-0.1, -0.05) is 53.4 Å². The van der Waals surface area contributed by atoms with E-state index >= 15 is 0 Å². The van der Waals surface area contributed by atoms with E-state index in [1.54, 1.807) is 28.0 Å². The maximum Gasteiger partial charge on any atom is 0.206 e. The van der Waals surface area contributed by atoms with E-state index in [-0.39, 0.29) is 0 Å². The monoisotopic (exact) mass is 363 g/mol. The number of thioether (sulfide) groups is 1. The molecule has 0 bridgehead atoms. The maximum absolute atomic E-state index is 5.95. The second-order valence-corrected chi connectivity index (χ2v) is 8.71. The minimum Gasteiger partial charge on any atom is -0.366 e. The lowest BCUT2D eigenvalue weighted by molar-refractivity contribution is -0.924. The van der Waals surface area contributed by atoms with E-state index in [1.165, 1.54) is 18.4 Å². The van der Waals surface area contributed by atoms with Gasteiger partial charge in [0, 0.05) is 17.4 Å². The number of anilines is 1. The molecule has 0 spiro atoms. The SMILES string of the molecule is c1ccc(C[NH+]2CCO[C@H](CSc3nnc(NC4CC4)s3)C2)cc1. The number of quaternary nitrogens is 1. The number of hydrogen-bond donors (Lipinski definition) is 2. The van der Waals surface area contributed by atoms with Gasteiger partial charge in [-0.3, -0.25) is 0 Å². The molecule has 1 aromatic heterocycles. The number of nitrogens with zero attached hydrogens (tertiary/aromatic N) is 2. The van der Waals surface area contributed by atoms with Gasteiger partial charge in [0.25, 0.3) is 0 Å². The van der Waals surface area contributed by atoms with Gasteiger partial charge in [-0.05, 0) is 12.8 Å². The molecule has 2 atom stereocenters. The van der Waals surface area contributed by atoms with Crippen LogP contribution in [0.3, 0.4) is 0 Å². The first-order chi connectivity index (χ1) is 11.8. The van der Waals surface area contributed by atoms with Crippen molar-refractivity contribution in [2.24, 2.45) is 0 Å². The molecule has 2 N–H and O–H groups in total. The summed E-state index contributed by atoms with van der Waals surface area (Å²) in [4.78, 5) is 1.60. The summed E-state index contributed by atoms with van der Waals surface area (Å²) in [6.45, 7) is 4.08. The lowest BCUT2D eigenvalue weighted by atomic mass is 10.2. The second kappa shape index (κ2) is 7.82.